The van der Waals surface area contributed by atoms with Gasteiger partial charge >= 0.3 is 0 Å². The van der Waals surface area contributed by atoms with E-state index in [-0.39, 0.29) is 17.9 Å². The largest absolute Gasteiger partial charge is 0.344 e. The predicted octanol–water partition coefficient (Wildman–Crippen LogP) is 4.18. The SMILES string of the molecule is CC(C)c1[nH]nc(C(=O)NC(c2ccccc2)C2CC2)c1Br. The summed E-state index contributed by atoms with van der Waals surface area (Å²) in [5, 5.41) is 10.3. The summed E-state index contributed by atoms with van der Waals surface area (Å²) in [7, 11) is 0. The lowest BCUT2D eigenvalue weighted by Gasteiger charge is -2.18. The number of nitrogens with one attached hydrogen (secondary N) is 2. The van der Waals surface area contributed by atoms with E-state index in [0.717, 1.165) is 15.7 Å². The molecule has 22 heavy (non-hydrogen) atoms. The van der Waals surface area contributed by atoms with Crippen LogP contribution in [0.5, 0.6) is 0 Å². The Hall–Kier alpha value is -1.62. The van der Waals surface area contributed by atoms with Crippen molar-refractivity contribution < 1.29 is 4.79 Å². The lowest BCUT2D eigenvalue weighted by molar-refractivity contribution is 0.0926. The zero-order valence-corrected chi connectivity index (χ0v) is 14.4. The molecule has 1 saturated carbocycles. The van der Waals surface area contributed by atoms with E-state index in [4.69, 9.17) is 0 Å². The van der Waals surface area contributed by atoms with E-state index >= 15 is 0 Å². The highest BCUT2D eigenvalue weighted by molar-refractivity contribution is 9.10. The molecule has 1 aromatic carbocycles. The number of carbonyl (C=O) groups excluding carboxylic acids is 1. The van der Waals surface area contributed by atoms with Crippen molar-refractivity contribution >= 4 is 21.8 Å². The van der Waals surface area contributed by atoms with Crippen LogP contribution in [-0.4, -0.2) is 16.1 Å². The molecular formula is C17H20BrN3O. The third kappa shape index (κ3) is 3.09. The average Bonchev–Trinajstić information content (AvgIpc) is 3.27. The van der Waals surface area contributed by atoms with Crippen molar-refractivity contribution in [1.82, 2.24) is 15.5 Å². The number of amides is 1. The van der Waals surface area contributed by atoms with Crippen molar-refractivity contribution in [2.75, 3.05) is 0 Å². The third-order valence-electron chi connectivity index (χ3n) is 4.06. The molecule has 116 valence electrons. The van der Waals surface area contributed by atoms with Crippen molar-refractivity contribution in [2.45, 2.75) is 38.6 Å². The number of halogens is 1. The number of benzene rings is 1. The van der Waals surface area contributed by atoms with Crippen molar-refractivity contribution in [3.05, 3.63) is 51.8 Å². The van der Waals surface area contributed by atoms with Gasteiger partial charge in [0.2, 0.25) is 0 Å². The first-order valence-corrected chi connectivity index (χ1v) is 8.46. The van der Waals surface area contributed by atoms with Crippen LogP contribution in [0.15, 0.2) is 34.8 Å². The Morgan fingerprint density at radius 3 is 2.55 bits per heavy atom. The van der Waals surface area contributed by atoms with Crippen LogP contribution in [0.25, 0.3) is 0 Å². The normalized spacial score (nSPS) is 15.8. The first kappa shape index (κ1) is 15.3. The summed E-state index contributed by atoms with van der Waals surface area (Å²) in [5.74, 6) is 0.696. The number of carbonyl (C=O) groups is 1. The summed E-state index contributed by atoms with van der Waals surface area (Å²) >= 11 is 3.50. The first-order valence-electron chi connectivity index (χ1n) is 7.67. The summed E-state index contributed by atoms with van der Waals surface area (Å²) < 4.78 is 0.766. The van der Waals surface area contributed by atoms with E-state index in [1.54, 1.807) is 0 Å². The fraction of sp³-hybridized carbons (Fsp3) is 0.412. The lowest BCUT2D eigenvalue weighted by Crippen LogP contribution is -2.30. The van der Waals surface area contributed by atoms with Crippen LogP contribution in [0.4, 0.5) is 0 Å². The van der Waals surface area contributed by atoms with Gasteiger partial charge in [-0.15, -0.1) is 0 Å². The second kappa shape index (κ2) is 6.24. The van der Waals surface area contributed by atoms with Gasteiger partial charge in [-0.2, -0.15) is 5.10 Å². The molecule has 1 aromatic heterocycles. The van der Waals surface area contributed by atoms with Crippen molar-refractivity contribution in [3.8, 4) is 0 Å². The topological polar surface area (TPSA) is 57.8 Å². The van der Waals surface area contributed by atoms with E-state index in [2.05, 4.69) is 57.4 Å². The molecule has 1 amide bonds. The number of H-pyrrole nitrogens is 1. The van der Waals surface area contributed by atoms with Gasteiger partial charge in [0.15, 0.2) is 5.69 Å². The quantitative estimate of drug-likeness (QED) is 0.839. The molecule has 0 aliphatic heterocycles. The number of hydrogen-bond acceptors (Lipinski definition) is 2. The van der Waals surface area contributed by atoms with Gasteiger partial charge in [-0.3, -0.25) is 9.89 Å². The second-order valence-corrected chi connectivity index (χ2v) is 6.95. The molecule has 1 fully saturated rings. The standard InChI is InChI=1S/C17H20BrN3O/c1-10(2)14-13(18)16(21-20-14)17(22)19-15(12-8-9-12)11-6-4-3-5-7-11/h3-7,10,12,15H,8-9H2,1-2H3,(H,19,22)(H,20,21). The molecule has 5 heteroatoms. The number of rotatable bonds is 5. The van der Waals surface area contributed by atoms with Gasteiger partial charge in [0.1, 0.15) is 0 Å². The number of aromatic nitrogens is 2. The van der Waals surface area contributed by atoms with E-state index in [0.29, 0.717) is 11.6 Å². The fourth-order valence-electron chi connectivity index (χ4n) is 2.65. The van der Waals surface area contributed by atoms with E-state index in [1.807, 2.05) is 18.2 Å². The molecule has 1 atom stereocenters. The number of aromatic amines is 1. The predicted molar refractivity (Wildman–Crippen MR) is 89.7 cm³/mol. The molecule has 4 nitrogen and oxygen atoms in total. The smallest absolute Gasteiger partial charge is 0.273 e. The van der Waals surface area contributed by atoms with E-state index in [1.165, 1.54) is 12.8 Å². The number of nitrogens with zero attached hydrogens (tertiary/aromatic N) is 1. The lowest BCUT2D eigenvalue weighted by atomic mass is 10.0. The Balaban J connectivity index is 1.80. The highest BCUT2D eigenvalue weighted by Crippen LogP contribution is 2.41. The zero-order chi connectivity index (χ0) is 15.7. The summed E-state index contributed by atoms with van der Waals surface area (Å²) in [4.78, 5) is 12.6. The highest BCUT2D eigenvalue weighted by Gasteiger charge is 2.34. The highest BCUT2D eigenvalue weighted by atomic mass is 79.9. The third-order valence-corrected chi connectivity index (χ3v) is 4.87. The minimum atomic E-state index is -0.129. The van der Waals surface area contributed by atoms with Crippen LogP contribution in [0.1, 0.15) is 60.4 Å². The zero-order valence-electron chi connectivity index (χ0n) is 12.8. The van der Waals surface area contributed by atoms with Crippen molar-refractivity contribution in [1.29, 1.82) is 0 Å². The van der Waals surface area contributed by atoms with Gasteiger partial charge in [-0.1, -0.05) is 44.2 Å². The van der Waals surface area contributed by atoms with E-state index in [9.17, 15) is 4.79 Å². The fourth-order valence-corrected chi connectivity index (χ4v) is 3.46. The van der Waals surface area contributed by atoms with E-state index < -0.39 is 0 Å². The summed E-state index contributed by atoms with van der Waals surface area (Å²) in [6, 6.07) is 10.2. The summed E-state index contributed by atoms with van der Waals surface area (Å²) in [6.45, 7) is 4.13. The maximum Gasteiger partial charge on any atom is 0.273 e. The van der Waals surface area contributed by atoms with Crippen molar-refractivity contribution in [3.63, 3.8) is 0 Å². The van der Waals surface area contributed by atoms with Gasteiger partial charge in [-0.05, 0) is 46.2 Å². The molecular weight excluding hydrogens is 342 g/mol. The minimum Gasteiger partial charge on any atom is -0.344 e. The average molecular weight is 362 g/mol. The molecule has 1 unspecified atom stereocenters. The molecule has 2 aromatic rings. The molecule has 3 rings (SSSR count). The van der Waals surface area contributed by atoms with Gasteiger partial charge < -0.3 is 5.32 Å². The van der Waals surface area contributed by atoms with Gasteiger partial charge in [0.05, 0.1) is 16.2 Å². The van der Waals surface area contributed by atoms with Gasteiger partial charge in [0.25, 0.3) is 5.91 Å². The maximum atomic E-state index is 12.6. The minimum absolute atomic E-state index is 0.0693. The van der Waals surface area contributed by atoms with Crippen LogP contribution in [-0.2, 0) is 0 Å². The van der Waals surface area contributed by atoms with Crippen LogP contribution in [0.2, 0.25) is 0 Å². The molecule has 0 saturated heterocycles. The molecule has 1 aliphatic carbocycles. The Bertz CT molecular complexity index is 662. The monoisotopic (exact) mass is 361 g/mol. The summed E-state index contributed by atoms with van der Waals surface area (Å²) in [5.41, 5.74) is 2.55. The van der Waals surface area contributed by atoms with Crippen LogP contribution >= 0.6 is 15.9 Å². The maximum absolute atomic E-state index is 12.6. The molecule has 0 spiro atoms. The Morgan fingerprint density at radius 1 is 1.32 bits per heavy atom. The van der Waals surface area contributed by atoms with Crippen molar-refractivity contribution in [2.24, 2.45) is 5.92 Å². The molecule has 1 aliphatic rings. The molecule has 0 bridgehead atoms. The Kier molecular flexibility index (Phi) is 4.34. The van der Waals surface area contributed by atoms with Gasteiger partial charge in [0, 0.05) is 0 Å². The molecule has 1 heterocycles. The first-order chi connectivity index (χ1) is 10.6. The molecule has 2 N–H and O–H groups in total. The Morgan fingerprint density at radius 2 is 2.00 bits per heavy atom. The molecule has 0 radical (unpaired) electrons. The summed E-state index contributed by atoms with van der Waals surface area (Å²) in [6.07, 6.45) is 2.33. The second-order valence-electron chi connectivity index (χ2n) is 6.15. The Labute approximate surface area is 138 Å². The number of hydrogen-bond donors (Lipinski definition) is 2. The van der Waals surface area contributed by atoms with Crippen LogP contribution in [0.3, 0.4) is 0 Å². The van der Waals surface area contributed by atoms with Gasteiger partial charge in [-0.25, -0.2) is 0 Å². The van der Waals surface area contributed by atoms with Crippen LogP contribution in [0, 0.1) is 5.92 Å². The van der Waals surface area contributed by atoms with Crippen LogP contribution < -0.4 is 5.32 Å².